The predicted octanol–water partition coefficient (Wildman–Crippen LogP) is 2.13. The summed E-state index contributed by atoms with van der Waals surface area (Å²) in [6, 6.07) is 4.93. The minimum absolute atomic E-state index is 0.346. The highest BCUT2D eigenvalue weighted by Crippen LogP contribution is 2.22. The molecule has 0 radical (unpaired) electrons. The summed E-state index contributed by atoms with van der Waals surface area (Å²) in [5, 5.41) is 0.616. The maximum Gasteiger partial charge on any atom is 0.214 e. The molecule has 2 aromatic rings. The SMILES string of the molecule is COCC(N)c1nc2ccc(Cl)cc2o1. The van der Waals surface area contributed by atoms with Crippen molar-refractivity contribution in [1.29, 1.82) is 0 Å². The number of methoxy groups -OCH3 is 1. The third kappa shape index (κ3) is 2.12. The first-order valence-corrected chi connectivity index (χ1v) is 4.89. The van der Waals surface area contributed by atoms with E-state index in [0.717, 1.165) is 5.52 Å². The molecule has 1 atom stereocenters. The molecule has 2 N–H and O–H groups in total. The van der Waals surface area contributed by atoms with Crippen LogP contribution in [0.3, 0.4) is 0 Å². The topological polar surface area (TPSA) is 61.3 Å². The zero-order valence-corrected chi connectivity index (χ0v) is 8.99. The zero-order valence-electron chi connectivity index (χ0n) is 8.24. The van der Waals surface area contributed by atoms with Gasteiger partial charge in [0.15, 0.2) is 5.58 Å². The average molecular weight is 227 g/mol. The molecule has 1 unspecified atom stereocenters. The van der Waals surface area contributed by atoms with Crippen LogP contribution >= 0.6 is 11.6 Å². The zero-order chi connectivity index (χ0) is 10.8. The molecule has 0 aliphatic carbocycles. The molecule has 2 rings (SSSR count). The van der Waals surface area contributed by atoms with Gasteiger partial charge in [0, 0.05) is 18.2 Å². The number of oxazole rings is 1. The lowest BCUT2D eigenvalue weighted by atomic mass is 10.3. The first-order chi connectivity index (χ1) is 7.20. The summed E-state index contributed by atoms with van der Waals surface area (Å²) in [4.78, 5) is 4.24. The lowest BCUT2D eigenvalue weighted by molar-refractivity contribution is 0.171. The summed E-state index contributed by atoms with van der Waals surface area (Å²) < 4.78 is 10.4. The Morgan fingerprint density at radius 1 is 1.60 bits per heavy atom. The van der Waals surface area contributed by atoms with Crippen LogP contribution in [0.25, 0.3) is 11.1 Å². The van der Waals surface area contributed by atoms with Crippen molar-refractivity contribution in [1.82, 2.24) is 4.98 Å². The highest BCUT2D eigenvalue weighted by Gasteiger charge is 2.13. The summed E-state index contributed by atoms with van der Waals surface area (Å²) in [5.74, 6) is 0.467. The average Bonchev–Trinajstić information content (AvgIpc) is 2.60. The van der Waals surface area contributed by atoms with Crippen molar-refractivity contribution < 1.29 is 9.15 Å². The second-order valence-corrected chi connectivity index (χ2v) is 3.66. The van der Waals surface area contributed by atoms with Crippen molar-refractivity contribution in [3.05, 3.63) is 29.1 Å². The molecule has 5 heteroatoms. The van der Waals surface area contributed by atoms with Crippen molar-refractivity contribution in [2.45, 2.75) is 6.04 Å². The van der Waals surface area contributed by atoms with Crippen LogP contribution in [0.1, 0.15) is 11.9 Å². The third-order valence-corrected chi connectivity index (χ3v) is 2.27. The van der Waals surface area contributed by atoms with Gasteiger partial charge >= 0.3 is 0 Å². The quantitative estimate of drug-likeness (QED) is 0.871. The summed E-state index contributed by atoms with van der Waals surface area (Å²) >= 11 is 5.82. The van der Waals surface area contributed by atoms with Crippen molar-refractivity contribution >= 4 is 22.7 Å². The molecule has 15 heavy (non-hydrogen) atoms. The van der Waals surface area contributed by atoms with Crippen LogP contribution in [-0.2, 0) is 4.74 Å². The number of nitrogens with zero attached hydrogens (tertiary/aromatic N) is 1. The predicted molar refractivity (Wildman–Crippen MR) is 57.8 cm³/mol. The van der Waals surface area contributed by atoms with Gasteiger partial charge in [-0.05, 0) is 12.1 Å². The number of aromatic nitrogens is 1. The van der Waals surface area contributed by atoms with E-state index in [4.69, 9.17) is 26.5 Å². The Balaban J connectivity index is 2.38. The fourth-order valence-electron chi connectivity index (χ4n) is 1.33. The van der Waals surface area contributed by atoms with E-state index >= 15 is 0 Å². The van der Waals surface area contributed by atoms with Gasteiger partial charge < -0.3 is 14.9 Å². The maximum atomic E-state index is 5.82. The van der Waals surface area contributed by atoms with Crippen LogP contribution in [0.2, 0.25) is 5.02 Å². The van der Waals surface area contributed by atoms with Crippen LogP contribution in [-0.4, -0.2) is 18.7 Å². The normalized spacial score (nSPS) is 13.3. The maximum absolute atomic E-state index is 5.82. The van der Waals surface area contributed by atoms with Gasteiger partial charge in [0.25, 0.3) is 0 Å². The van der Waals surface area contributed by atoms with Crippen molar-refractivity contribution in [2.75, 3.05) is 13.7 Å². The first kappa shape index (κ1) is 10.4. The number of hydrogen-bond acceptors (Lipinski definition) is 4. The minimum Gasteiger partial charge on any atom is -0.439 e. The Kier molecular flexibility index (Phi) is 2.90. The number of benzene rings is 1. The molecule has 0 bridgehead atoms. The van der Waals surface area contributed by atoms with E-state index in [9.17, 15) is 0 Å². The number of ether oxygens (including phenoxy) is 1. The number of rotatable bonds is 3. The molecule has 1 aromatic heterocycles. The van der Waals surface area contributed by atoms with Crippen LogP contribution in [0.4, 0.5) is 0 Å². The van der Waals surface area contributed by atoms with Gasteiger partial charge in [0.2, 0.25) is 5.89 Å². The van der Waals surface area contributed by atoms with Crippen molar-refractivity contribution in [3.8, 4) is 0 Å². The summed E-state index contributed by atoms with van der Waals surface area (Å²) in [6.07, 6.45) is 0. The Bertz CT molecular complexity index is 469. The summed E-state index contributed by atoms with van der Waals surface area (Å²) in [6.45, 7) is 0.376. The van der Waals surface area contributed by atoms with E-state index in [2.05, 4.69) is 4.98 Å². The van der Waals surface area contributed by atoms with E-state index in [1.54, 1.807) is 25.3 Å². The van der Waals surface area contributed by atoms with Gasteiger partial charge in [-0.3, -0.25) is 0 Å². The number of fused-ring (bicyclic) bond motifs is 1. The molecule has 0 saturated carbocycles. The molecule has 80 valence electrons. The largest absolute Gasteiger partial charge is 0.439 e. The van der Waals surface area contributed by atoms with Crippen LogP contribution in [0.5, 0.6) is 0 Å². The van der Waals surface area contributed by atoms with E-state index in [-0.39, 0.29) is 6.04 Å². The molecular weight excluding hydrogens is 216 g/mol. The Labute approximate surface area is 92.0 Å². The Hall–Kier alpha value is -1.10. The van der Waals surface area contributed by atoms with Gasteiger partial charge in [-0.25, -0.2) is 4.98 Å². The molecule has 0 spiro atoms. The fourth-order valence-corrected chi connectivity index (χ4v) is 1.49. The first-order valence-electron chi connectivity index (χ1n) is 4.51. The van der Waals surface area contributed by atoms with Crippen molar-refractivity contribution in [3.63, 3.8) is 0 Å². The highest BCUT2D eigenvalue weighted by atomic mass is 35.5. The van der Waals surface area contributed by atoms with Gasteiger partial charge in [0.05, 0.1) is 6.61 Å². The van der Waals surface area contributed by atoms with Gasteiger partial charge in [0.1, 0.15) is 11.6 Å². The Morgan fingerprint density at radius 2 is 2.40 bits per heavy atom. The minimum atomic E-state index is -0.346. The molecule has 0 aliphatic rings. The third-order valence-electron chi connectivity index (χ3n) is 2.03. The van der Waals surface area contributed by atoms with E-state index in [1.165, 1.54) is 0 Å². The smallest absolute Gasteiger partial charge is 0.214 e. The van der Waals surface area contributed by atoms with E-state index < -0.39 is 0 Å². The van der Waals surface area contributed by atoms with Gasteiger partial charge in [-0.1, -0.05) is 11.6 Å². The second-order valence-electron chi connectivity index (χ2n) is 3.23. The standard InChI is InChI=1S/C10H11ClN2O2/c1-14-5-7(12)10-13-8-3-2-6(11)4-9(8)15-10/h2-4,7H,5,12H2,1H3. The molecule has 1 heterocycles. The molecule has 0 amide bonds. The lowest BCUT2D eigenvalue weighted by Crippen LogP contribution is -2.16. The monoisotopic (exact) mass is 226 g/mol. The van der Waals surface area contributed by atoms with Crippen LogP contribution < -0.4 is 5.73 Å². The molecule has 0 fully saturated rings. The second kappa shape index (κ2) is 4.18. The van der Waals surface area contributed by atoms with Crippen LogP contribution in [0.15, 0.2) is 22.6 Å². The van der Waals surface area contributed by atoms with E-state index in [0.29, 0.717) is 23.1 Å². The Morgan fingerprint density at radius 3 is 3.13 bits per heavy atom. The number of nitrogens with two attached hydrogens (primary N) is 1. The molecular formula is C10H11ClN2O2. The molecule has 0 saturated heterocycles. The van der Waals surface area contributed by atoms with Gasteiger partial charge in [-0.15, -0.1) is 0 Å². The van der Waals surface area contributed by atoms with E-state index in [1.807, 2.05) is 0 Å². The highest BCUT2D eigenvalue weighted by molar-refractivity contribution is 6.31. The molecule has 4 nitrogen and oxygen atoms in total. The lowest BCUT2D eigenvalue weighted by Gasteiger charge is -2.03. The fraction of sp³-hybridized carbons (Fsp3) is 0.300. The number of halogens is 1. The van der Waals surface area contributed by atoms with Gasteiger partial charge in [-0.2, -0.15) is 0 Å². The van der Waals surface area contributed by atoms with Crippen LogP contribution in [0, 0.1) is 0 Å². The number of hydrogen-bond donors (Lipinski definition) is 1. The molecule has 0 aliphatic heterocycles. The summed E-state index contributed by atoms with van der Waals surface area (Å²) in [7, 11) is 1.58. The van der Waals surface area contributed by atoms with Crippen molar-refractivity contribution in [2.24, 2.45) is 5.73 Å². The molecule has 1 aromatic carbocycles. The summed E-state index contributed by atoms with van der Waals surface area (Å²) in [5.41, 5.74) is 7.19.